The van der Waals surface area contributed by atoms with E-state index in [0.29, 0.717) is 12.0 Å². The first kappa shape index (κ1) is 14.2. The molecule has 2 rings (SSSR count). The summed E-state index contributed by atoms with van der Waals surface area (Å²) in [7, 11) is 0. The van der Waals surface area contributed by atoms with Gasteiger partial charge in [-0.1, -0.05) is 39.7 Å². The van der Waals surface area contributed by atoms with Gasteiger partial charge in [0.15, 0.2) is 0 Å². The maximum atomic E-state index is 13.2. The molecule has 2 aromatic carbocycles. The second-order valence-corrected chi connectivity index (χ2v) is 5.91. The first-order chi connectivity index (χ1) is 8.95. The van der Waals surface area contributed by atoms with Crippen molar-refractivity contribution >= 4 is 15.9 Å². The molecule has 0 bridgehead atoms. The number of benzene rings is 2. The second kappa shape index (κ2) is 5.83. The van der Waals surface area contributed by atoms with Crippen LogP contribution in [0.4, 0.5) is 8.78 Å². The van der Waals surface area contributed by atoms with E-state index in [9.17, 15) is 8.78 Å². The summed E-state index contributed by atoms with van der Waals surface area (Å²) in [5.74, 6) is -1.08. The van der Waals surface area contributed by atoms with Crippen molar-refractivity contribution < 1.29 is 8.78 Å². The van der Waals surface area contributed by atoms with Crippen LogP contribution in [0.2, 0.25) is 0 Å². The molecule has 0 aromatic heterocycles. The van der Waals surface area contributed by atoms with Gasteiger partial charge in [-0.3, -0.25) is 0 Å². The Labute approximate surface area is 120 Å². The minimum absolute atomic E-state index is 0.0989. The van der Waals surface area contributed by atoms with Crippen molar-refractivity contribution in [2.45, 2.75) is 25.1 Å². The highest BCUT2D eigenvalue weighted by atomic mass is 79.9. The van der Waals surface area contributed by atoms with E-state index in [-0.39, 0.29) is 4.83 Å². The molecule has 2 aromatic rings. The molecule has 19 heavy (non-hydrogen) atoms. The third-order valence-electron chi connectivity index (χ3n) is 3.15. The molecule has 0 saturated carbocycles. The molecule has 0 N–H and O–H groups in total. The van der Waals surface area contributed by atoms with Gasteiger partial charge in [0.05, 0.1) is 0 Å². The van der Waals surface area contributed by atoms with Crippen LogP contribution in [0.1, 0.15) is 27.1 Å². The summed E-state index contributed by atoms with van der Waals surface area (Å²) >= 11 is 3.52. The molecular weight excluding hydrogens is 310 g/mol. The van der Waals surface area contributed by atoms with Crippen LogP contribution < -0.4 is 0 Å². The van der Waals surface area contributed by atoms with Gasteiger partial charge in [0.25, 0.3) is 0 Å². The Bertz CT molecular complexity index is 573. The molecule has 0 aliphatic rings. The third kappa shape index (κ3) is 3.63. The lowest BCUT2D eigenvalue weighted by Gasteiger charge is -2.13. The summed E-state index contributed by atoms with van der Waals surface area (Å²) in [5, 5.41) is 0. The van der Waals surface area contributed by atoms with E-state index in [4.69, 9.17) is 0 Å². The monoisotopic (exact) mass is 324 g/mol. The number of rotatable bonds is 3. The molecule has 0 nitrogen and oxygen atoms in total. The summed E-state index contributed by atoms with van der Waals surface area (Å²) in [5.41, 5.74) is 4.18. The standard InChI is InChI=1S/C16H15BrF2/c1-10-3-4-11(2)12(5-10)8-16(17)13-6-14(18)9-15(19)7-13/h3-7,9,16H,8H2,1-2H3. The van der Waals surface area contributed by atoms with Gasteiger partial charge in [-0.2, -0.15) is 0 Å². The zero-order valence-electron chi connectivity index (χ0n) is 10.9. The summed E-state index contributed by atoms with van der Waals surface area (Å²) in [6.45, 7) is 4.08. The molecule has 0 aliphatic carbocycles. The van der Waals surface area contributed by atoms with E-state index in [2.05, 4.69) is 34.1 Å². The van der Waals surface area contributed by atoms with Gasteiger partial charge >= 0.3 is 0 Å². The molecule has 0 aliphatic heterocycles. The topological polar surface area (TPSA) is 0 Å². The van der Waals surface area contributed by atoms with Crippen LogP contribution in [0, 0.1) is 25.5 Å². The third-order valence-corrected chi connectivity index (χ3v) is 4.00. The molecule has 0 fully saturated rings. The Hall–Kier alpha value is -1.22. The fourth-order valence-electron chi connectivity index (χ4n) is 2.09. The highest BCUT2D eigenvalue weighted by Gasteiger charge is 2.12. The van der Waals surface area contributed by atoms with E-state index in [0.717, 1.165) is 6.07 Å². The van der Waals surface area contributed by atoms with Crippen molar-refractivity contribution in [2.24, 2.45) is 0 Å². The number of halogens is 3. The molecule has 0 heterocycles. The lowest BCUT2D eigenvalue weighted by atomic mass is 9.98. The fraction of sp³-hybridized carbons (Fsp3) is 0.250. The van der Waals surface area contributed by atoms with E-state index in [1.165, 1.54) is 28.8 Å². The molecular formula is C16H15BrF2. The zero-order chi connectivity index (χ0) is 14.0. The lowest BCUT2D eigenvalue weighted by molar-refractivity contribution is 0.579. The fourth-order valence-corrected chi connectivity index (χ4v) is 2.70. The minimum Gasteiger partial charge on any atom is -0.207 e. The Morgan fingerprint density at radius 2 is 1.63 bits per heavy atom. The molecule has 1 unspecified atom stereocenters. The number of aryl methyl sites for hydroxylation is 2. The number of hydrogen-bond donors (Lipinski definition) is 0. The number of hydrogen-bond acceptors (Lipinski definition) is 0. The van der Waals surface area contributed by atoms with Crippen LogP contribution in [0.5, 0.6) is 0 Å². The van der Waals surface area contributed by atoms with Crippen LogP contribution in [0.15, 0.2) is 36.4 Å². The highest BCUT2D eigenvalue weighted by molar-refractivity contribution is 9.09. The second-order valence-electron chi connectivity index (χ2n) is 4.80. The Balaban J connectivity index is 2.25. The molecule has 3 heteroatoms. The summed E-state index contributed by atoms with van der Waals surface area (Å²) < 4.78 is 26.4. The first-order valence-electron chi connectivity index (χ1n) is 6.12. The summed E-state index contributed by atoms with van der Waals surface area (Å²) in [6, 6.07) is 9.86. The highest BCUT2D eigenvalue weighted by Crippen LogP contribution is 2.29. The molecule has 1 atom stereocenters. The lowest BCUT2D eigenvalue weighted by Crippen LogP contribution is -1.99. The van der Waals surface area contributed by atoms with Crippen molar-refractivity contribution in [2.75, 3.05) is 0 Å². The molecule has 100 valence electrons. The van der Waals surface area contributed by atoms with E-state index in [1.807, 2.05) is 13.8 Å². The van der Waals surface area contributed by atoms with Crippen molar-refractivity contribution in [1.82, 2.24) is 0 Å². The van der Waals surface area contributed by atoms with Crippen molar-refractivity contribution in [1.29, 1.82) is 0 Å². The Morgan fingerprint density at radius 3 is 2.26 bits per heavy atom. The van der Waals surface area contributed by atoms with E-state index >= 15 is 0 Å². The van der Waals surface area contributed by atoms with Crippen LogP contribution in [0.25, 0.3) is 0 Å². The normalized spacial score (nSPS) is 12.5. The zero-order valence-corrected chi connectivity index (χ0v) is 12.5. The smallest absolute Gasteiger partial charge is 0.126 e. The van der Waals surface area contributed by atoms with Crippen LogP contribution >= 0.6 is 15.9 Å². The molecule has 0 amide bonds. The van der Waals surface area contributed by atoms with Gasteiger partial charge in [-0.05, 0) is 49.1 Å². The van der Waals surface area contributed by atoms with Crippen LogP contribution in [-0.4, -0.2) is 0 Å². The van der Waals surface area contributed by atoms with Crippen molar-refractivity contribution in [3.63, 3.8) is 0 Å². The summed E-state index contributed by atoms with van der Waals surface area (Å²) in [6.07, 6.45) is 0.705. The van der Waals surface area contributed by atoms with Crippen molar-refractivity contribution in [3.8, 4) is 0 Å². The summed E-state index contributed by atoms with van der Waals surface area (Å²) in [4.78, 5) is -0.0989. The Morgan fingerprint density at radius 1 is 1.00 bits per heavy atom. The average Bonchev–Trinajstić information content (AvgIpc) is 2.32. The van der Waals surface area contributed by atoms with Crippen molar-refractivity contribution in [3.05, 3.63) is 70.3 Å². The van der Waals surface area contributed by atoms with Crippen LogP contribution in [-0.2, 0) is 6.42 Å². The molecule has 0 spiro atoms. The van der Waals surface area contributed by atoms with Gasteiger partial charge in [0.1, 0.15) is 11.6 Å². The van der Waals surface area contributed by atoms with Gasteiger partial charge in [0.2, 0.25) is 0 Å². The maximum absolute atomic E-state index is 13.2. The minimum atomic E-state index is -0.541. The van der Waals surface area contributed by atoms with Crippen LogP contribution in [0.3, 0.4) is 0 Å². The SMILES string of the molecule is Cc1ccc(C)c(CC(Br)c2cc(F)cc(F)c2)c1. The number of alkyl halides is 1. The Kier molecular flexibility index (Phi) is 4.35. The van der Waals surface area contributed by atoms with E-state index < -0.39 is 11.6 Å². The average molecular weight is 325 g/mol. The maximum Gasteiger partial charge on any atom is 0.126 e. The van der Waals surface area contributed by atoms with Gasteiger partial charge in [-0.25, -0.2) is 8.78 Å². The predicted molar refractivity (Wildman–Crippen MR) is 77.6 cm³/mol. The van der Waals surface area contributed by atoms with Gasteiger partial charge in [-0.15, -0.1) is 0 Å². The first-order valence-corrected chi connectivity index (χ1v) is 7.03. The predicted octanol–water partition coefficient (Wildman–Crippen LogP) is 5.26. The quantitative estimate of drug-likeness (QED) is 0.675. The molecule has 0 saturated heterocycles. The largest absolute Gasteiger partial charge is 0.207 e. The van der Waals surface area contributed by atoms with Gasteiger partial charge < -0.3 is 0 Å². The van der Waals surface area contributed by atoms with Gasteiger partial charge in [0, 0.05) is 10.9 Å². The molecule has 0 radical (unpaired) electrons. The van der Waals surface area contributed by atoms with E-state index in [1.54, 1.807) is 0 Å².